The van der Waals surface area contributed by atoms with E-state index in [0.717, 1.165) is 36.3 Å². The molecule has 0 unspecified atom stereocenters. The zero-order valence-corrected chi connectivity index (χ0v) is 13.2. The molecule has 1 aromatic carbocycles. The van der Waals surface area contributed by atoms with Gasteiger partial charge in [0.1, 0.15) is 5.75 Å². The van der Waals surface area contributed by atoms with E-state index in [1.54, 1.807) is 7.11 Å². The molecule has 0 fully saturated rings. The Morgan fingerprint density at radius 1 is 1.50 bits per heavy atom. The predicted molar refractivity (Wildman–Crippen MR) is 83.0 cm³/mol. The lowest BCUT2D eigenvalue weighted by molar-refractivity contribution is 0.287. The lowest BCUT2D eigenvalue weighted by atomic mass is 10.2. The SMILES string of the molecule is CCN(CCC(N)=S)Cc1cc(OC)ccc1Br. The maximum atomic E-state index is 5.54. The van der Waals surface area contributed by atoms with E-state index in [1.807, 2.05) is 18.2 Å². The number of halogens is 1. The number of methoxy groups -OCH3 is 1. The van der Waals surface area contributed by atoms with Crippen LogP contribution >= 0.6 is 28.1 Å². The number of benzene rings is 1. The molecule has 0 saturated heterocycles. The Hall–Kier alpha value is -0.650. The van der Waals surface area contributed by atoms with Gasteiger partial charge in [0.05, 0.1) is 12.1 Å². The van der Waals surface area contributed by atoms with Crippen LogP contribution < -0.4 is 10.5 Å². The van der Waals surface area contributed by atoms with E-state index in [2.05, 4.69) is 27.8 Å². The third-order valence-corrected chi connectivity index (χ3v) is 3.75. The predicted octanol–water partition coefficient (Wildman–Crippen LogP) is 2.96. The molecule has 0 amide bonds. The molecule has 0 saturated carbocycles. The van der Waals surface area contributed by atoms with Crippen molar-refractivity contribution in [1.82, 2.24) is 4.90 Å². The summed E-state index contributed by atoms with van der Waals surface area (Å²) in [5.74, 6) is 0.874. The molecule has 1 rings (SSSR count). The lowest BCUT2D eigenvalue weighted by Gasteiger charge is -2.21. The second kappa shape index (κ2) is 7.71. The van der Waals surface area contributed by atoms with Crippen LogP contribution in [0.1, 0.15) is 18.9 Å². The lowest BCUT2D eigenvalue weighted by Crippen LogP contribution is -2.27. The van der Waals surface area contributed by atoms with Crippen molar-refractivity contribution in [3.63, 3.8) is 0 Å². The minimum absolute atomic E-state index is 0.568. The number of nitrogens with two attached hydrogens (primary N) is 1. The molecule has 0 heterocycles. The Morgan fingerprint density at radius 3 is 2.78 bits per heavy atom. The van der Waals surface area contributed by atoms with Crippen molar-refractivity contribution in [1.29, 1.82) is 0 Å². The van der Waals surface area contributed by atoms with Crippen molar-refractivity contribution in [2.45, 2.75) is 19.9 Å². The Kier molecular flexibility index (Phi) is 6.60. The quantitative estimate of drug-likeness (QED) is 0.780. The van der Waals surface area contributed by atoms with Crippen molar-refractivity contribution in [3.05, 3.63) is 28.2 Å². The highest BCUT2D eigenvalue weighted by Crippen LogP contribution is 2.23. The molecule has 0 radical (unpaired) electrons. The van der Waals surface area contributed by atoms with Crippen LogP contribution in [0.4, 0.5) is 0 Å². The van der Waals surface area contributed by atoms with Gasteiger partial charge in [0.2, 0.25) is 0 Å². The van der Waals surface area contributed by atoms with Gasteiger partial charge in [-0.25, -0.2) is 0 Å². The van der Waals surface area contributed by atoms with Crippen LogP contribution in [0.2, 0.25) is 0 Å². The number of nitrogens with zero attached hydrogens (tertiary/aromatic N) is 1. The molecule has 0 aliphatic heterocycles. The van der Waals surface area contributed by atoms with Gasteiger partial charge in [0.25, 0.3) is 0 Å². The average Bonchev–Trinajstić information content (AvgIpc) is 2.36. The monoisotopic (exact) mass is 330 g/mol. The third kappa shape index (κ3) is 4.92. The largest absolute Gasteiger partial charge is 0.497 e. The Morgan fingerprint density at radius 2 is 2.22 bits per heavy atom. The van der Waals surface area contributed by atoms with E-state index >= 15 is 0 Å². The van der Waals surface area contributed by atoms with Gasteiger partial charge in [0, 0.05) is 24.0 Å². The standard InChI is InChI=1S/C13H19BrN2OS/c1-3-16(7-6-13(15)18)9-10-8-11(17-2)4-5-12(10)14/h4-5,8H,3,6-7,9H2,1-2H3,(H2,15,18). The Bertz CT molecular complexity index is 412. The third-order valence-electron chi connectivity index (χ3n) is 2.77. The fourth-order valence-electron chi connectivity index (χ4n) is 1.66. The van der Waals surface area contributed by atoms with Crippen LogP contribution in [-0.4, -0.2) is 30.1 Å². The van der Waals surface area contributed by atoms with Gasteiger partial charge in [-0.1, -0.05) is 35.1 Å². The van der Waals surface area contributed by atoms with Crippen LogP contribution in [0.5, 0.6) is 5.75 Å². The number of thiocarbonyl (C=S) groups is 1. The molecular weight excluding hydrogens is 312 g/mol. The van der Waals surface area contributed by atoms with E-state index in [1.165, 1.54) is 5.56 Å². The van der Waals surface area contributed by atoms with Gasteiger partial charge in [-0.2, -0.15) is 0 Å². The molecule has 100 valence electrons. The average molecular weight is 331 g/mol. The molecule has 0 bridgehead atoms. The minimum atomic E-state index is 0.568. The van der Waals surface area contributed by atoms with Crippen molar-refractivity contribution >= 4 is 33.1 Å². The molecule has 18 heavy (non-hydrogen) atoms. The summed E-state index contributed by atoms with van der Waals surface area (Å²) in [6.07, 6.45) is 0.755. The summed E-state index contributed by atoms with van der Waals surface area (Å²) in [6.45, 7) is 4.84. The highest BCUT2D eigenvalue weighted by Gasteiger charge is 2.08. The fourth-order valence-corrected chi connectivity index (χ4v) is 2.12. The summed E-state index contributed by atoms with van der Waals surface area (Å²) < 4.78 is 6.34. The zero-order valence-electron chi connectivity index (χ0n) is 10.8. The molecule has 0 aliphatic carbocycles. The van der Waals surface area contributed by atoms with E-state index in [-0.39, 0.29) is 0 Å². The van der Waals surface area contributed by atoms with Gasteiger partial charge >= 0.3 is 0 Å². The molecule has 3 nitrogen and oxygen atoms in total. The van der Waals surface area contributed by atoms with Crippen LogP contribution in [0.25, 0.3) is 0 Å². The van der Waals surface area contributed by atoms with E-state index in [9.17, 15) is 0 Å². The molecule has 1 aromatic rings. The normalized spacial score (nSPS) is 10.7. The zero-order chi connectivity index (χ0) is 13.5. The number of ether oxygens (including phenoxy) is 1. The van der Waals surface area contributed by atoms with Crippen molar-refractivity contribution < 1.29 is 4.74 Å². The molecule has 0 aromatic heterocycles. The van der Waals surface area contributed by atoms with E-state index in [0.29, 0.717) is 4.99 Å². The first-order valence-electron chi connectivity index (χ1n) is 5.90. The molecule has 0 aliphatic rings. The molecular formula is C13H19BrN2OS. The highest BCUT2D eigenvalue weighted by molar-refractivity contribution is 9.10. The first-order valence-corrected chi connectivity index (χ1v) is 7.10. The summed E-state index contributed by atoms with van der Waals surface area (Å²) in [7, 11) is 1.68. The molecule has 2 N–H and O–H groups in total. The van der Waals surface area contributed by atoms with E-state index in [4.69, 9.17) is 22.7 Å². The van der Waals surface area contributed by atoms with E-state index < -0.39 is 0 Å². The van der Waals surface area contributed by atoms with Crippen LogP contribution in [0, 0.1) is 0 Å². The summed E-state index contributed by atoms with van der Waals surface area (Å²) >= 11 is 8.48. The topological polar surface area (TPSA) is 38.5 Å². The van der Waals surface area contributed by atoms with Gasteiger partial charge < -0.3 is 10.5 Å². The maximum Gasteiger partial charge on any atom is 0.119 e. The smallest absolute Gasteiger partial charge is 0.119 e. The first kappa shape index (κ1) is 15.4. The number of hydrogen-bond donors (Lipinski definition) is 1. The van der Waals surface area contributed by atoms with Crippen LogP contribution in [-0.2, 0) is 6.54 Å². The van der Waals surface area contributed by atoms with Crippen molar-refractivity contribution in [2.24, 2.45) is 5.73 Å². The Balaban J connectivity index is 2.71. The van der Waals surface area contributed by atoms with Crippen LogP contribution in [0.3, 0.4) is 0 Å². The first-order chi connectivity index (χ1) is 8.56. The van der Waals surface area contributed by atoms with Gasteiger partial charge in [-0.15, -0.1) is 0 Å². The van der Waals surface area contributed by atoms with Crippen molar-refractivity contribution in [3.8, 4) is 5.75 Å². The molecule has 0 spiro atoms. The summed E-state index contributed by atoms with van der Waals surface area (Å²) in [5, 5.41) is 0. The van der Waals surface area contributed by atoms with Gasteiger partial charge in [-0.05, 0) is 30.3 Å². The summed E-state index contributed by atoms with van der Waals surface area (Å²) in [4.78, 5) is 2.87. The maximum absolute atomic E-state index is 5.54. The molecule has 5 heteroatoms. The van der Waals surface area contributed by atoms with Crippen LogP contribution in [0.15, 0.2) is 22.7 Å². The highest BCUT2D eigenvalue weighted by atomic mass is 79.9. The fraction of sp³-hybridized carbons (Fsp3) is 0.462. The number of hydrogen-bond acceptors (Lipinski definition) is 3. The van der Waals surface area contributed by atoms with Gasteiger partial charge in [0.15, 0.2) is 0 Å². The number of rotatable bonds is 7. The second-order valence-electron chi connectivity index (χ2n) is 4.04. The Labute approximate surface area is 122 Å². The van der Waals surface area contributed by atoms with Gasteiger partial charge in [-0.3, -0.25) is 4.90 Å². The molecule has 0 atom stereocenters. The summed E-state index contributed by atoms with van der Waals surface area (Å²) in [6, 6.07) is 6.00. The summed E-state index contributed by atoms with van der Waals surface area (Å²) in [5.41, 5.74) is 6.75. The minimum Gasteiger partial charge on any atom is -0.497 e. The second-order valence-corrected chi connectivity index (χ2v) is 5.42. The van der Waals surface area contributed by atoms with Crippen molar-refractivity contribution in [2.75, 3.05) is 20.2 Å².